The second-order valence-electron chi connectivity index (χ2n) is 3.80. The number of aromatic nitrogens is 4. The summed E-state index contributed by atoms with van der Waals surface area (Å²) in [6.07, 6.45) is 8.55. The molecule has 0 aliphatic heterocycles. The van der Waals surface area contributed by atoms with E-state index in [1.807, 2.05) is 31.8 Å². The monoisotopic (exact) mass is 219 g/mol. The molecule has 2 rings (SSSR count). The van der Waals surface area contributed by atoms with Gasteiger partial charge in [-0.3, -0.25) is 4.68 Å². The first-order chi connectivity index (χ1) is 7.76. The van der Waals surface area contributed by atoms with Crippen molar-refractivity contribution in [1.82, 2.24) is 19.3 Å². The van der Waals surface area contributed by atoms with Crippen LogP contribution >= 0.6 is 0 Å². The fourth-order valence-corrected chi connectivity index (χ4v) is 1.92. The van der Waals surface area contributed by atoms with Crippen LogP contribution in [0.2, 0.25) is 0 Å². The molecule has 0 saturated heterocycles. The van der Waals surface area contributed by atoms with Crippen LogP contribution in [0.4, 0.5) is 0 Å². The van der Waals surface area contributed by atoms with Crippen LogP contribution in [0.25, 0.3) is 0 Å². The topological polar surface area (TPSA) is 61.7 Å². The van der Waals surface area contributed by atoms with Crippen molar-refractivity contribution in [2.45, 2.75) is 19.4 Å². The van der Waals surface area contributed by atoms with Gasteiger partial charge in [-0.05, 0) is 0 Å². The molecule has 2 aromatic heterocycles. The standard InChI is InChI=1S/C11H17N5/c1-3-11-13-4-5-16(11)10(6-12)9-7-14-15(2)8-9/h4-5,7-8,10H,3,6,12H2,1-2H3. The van der Waals surface area contributed by atoms with Gasteiger partial charge in [0, 0.05) is 44.2 Å². The van der Waals surface area contributed by atoms with E-state index in [4.69, 9.17) is 5.73 Å². The van der Waals surface area contributed by atoms with Crippen LogP contribution in [0.15, 0.2) is 24.8 Å². The Morgan fingerprint density at radius 3 is 2.88 bits per heavy atom. The van der Waals surface area contributed by atoms with Crippen LogP contribution < -0.4 is 5.73 Å². The van der Waals surface area contributed by atoms with Crippen molar-refractivity contribution in [3.05, 3.63) is 36.2 Å². The average molecular weight is 219 g/mol. The molecule has 0 fully saturated rings. The lowest BCUT2D eigenvalue weighted by Gasteiger charge is -2.17. The van der Waals surface area contributed by atoms with Crippen molar-refractivity contribution in [1.29, 1.82) is 0 Å². The minimum Gasteiger partial charge on any atom is -0.328 e. The summed E-state index contributed by atoms with van der Waals surface area (Å²) >= 11 is 0. The number of nitrogens with zero attached hydrogens (tertiary/aromatic N) is 4. The smallest absolute Gasteiger partial charge is 0.108 e. The summed E-state index contributed by atoms with van der Waals surface area (Å²) in [4.78, 5) is 4.32. The van der Waals surface area contributed by atoms with E-state index in [1.54, 1.807) is 4.68 Å². The Hall–Kier alpha value is -1.62. The molecule has 1 atom stereocenters. The highest BCUT2D eigenvalue weighted by atomic mass is 15.2. The molecule has 0 radical (unpaired) electrons. The Morgan fingerprint density at radius 1 is 1.50 bits per heavy atom. The van der Waals surface area contributed by atoms with Gasteiger partial charge in [0.25, 0.3) is 0 Å². The summed E-state index contributed by atoms with van der Waals surface area (Å²) in [7, 11) is 1.91. The van der Waals surface area contributed by atoms with Gasteiger partial charge >= 0.3 is 0 Å². The molecule has 16 heavy (non-hydrogen) atoms. The Labute approximate surface area is 94.9 Å². The largest absolute Gasteiger partial charge is 0.328 e. The number of hydrogen-bond donors (Lipinski definition) is 1. The van der Waals surface area contributed by atoms with Gasteiger partial charge in [0.15, 0.2) is 0 Å². The molecule has 2 N–H and O–H groups in total. The first kappa shape index (κ1) is 10.9. The van der Waals surface area contributed by atoms with E-state index >= 15 is 0 Å². The SMILES string of the molecule is CCc1nccn1C(CN)c1cnn(C)c1. The predicted octanol–water partition coefficient (Wildman–Crippen LogP) is 0.727. The normalized spacial score (nSPS) is 12.9. The lowest BCUT2D eigenvalue weighted by molar-refractivity contribution is 0.568. The summed E-state index contributed by atoms with van der Waals surface area (Å²) in [5.41, 5.74) is 6.97. The molecular formula is C11H17N5. The van der Waals surface area contributed by atoms with E-state index in [0.29, 0.717) is 6.54 Å². The summed E-state index contributed by atoms with van der Waals surface area (Å²) in [6.45, 7) is 2.64. The molecule has 5 heteroatoms. The third-order valence-corrected chi connectivity index (χ3v) is 2.73. The Kier molecular flexibility index (Phi) is 3.05. The van der Waals surface area contributed by atoms with Gasteiger partial charge in [0.05, 0.1) is 12.2 Å². The minimum atomic E-state index is 0.131. The van der Waals surface area contributed by atoms with Gasteiger partial charge in [0.1, 0.15) is 5.82 Å². The van der Waals surface area contributed by atoms with Gasteiger partial charge in [-0.25, -0.2) is 4.98 Å². The van der Waals surface area contributed by atoms with Crippen molar-refractivity contribution in [2.75, 3.05) is 6.54 Å². The van der Waals surface area contributed by atoms with Gasteiger partial charge < -0.3 is 10.3 Å². The Balaban J connectivity index is 2.36. The molecule has 0 spiro atoms. The lowest BCUT2D eigenvalue weighted by Crippen LogP contribution is -2.21. The fourth-order valence-electron chi connectivity index (χ4n) is 1.92. The fraction of sp³-hybridized carbons (Fsp3) is 0.455. The molecule has 2 aromatic rings. The predicted molar refractivity (Wildman–Crippen MR) is 62.0 cm³/mol. The van der Waals surface area contributed by atoms with Crippen molar-refractivity contribution < 1.29 is 0 Å². The molecule has 2 heterocycles. The van der Waals surface area contributed by atoms with Gasteiger partial charge in [-0.2, -0.15) is 5.10 Å². The van der Waals surface area contributed by atoms with E-state index in [9.17, 15) is 0 Å². The minimum absolute atomic E-state index is 0.131. The quantitative estimate of drug-likeness (QED) is 0.824. The summed E-state index contributed by atoms with van der Waals surface area (Å²) in [5.74, 6) is 1.05. The van der Waals surface area contributed by atoms with Crippen LogP contribution in [-0.2, 0) is 13.5 Å². The summed E-state index contributed by atoms with van der Waals surface area (Å²) in [6, 6.07) is 0.131. The molecule has 1 unspecified atom stereocenters. The number of rotatable bonds is 4. The molecule has 0 aromatic carbocycles. The number of nitrogens with two attached hydrogens (primary N) is 1. The molecule has 86 valence electrons. The zero-order chi connectivity index (χ0) is 11.5. The highest BCUT2D eigenvalue weighted by Gasteiger charge is 2.15. The zero-order valence-corrected chi connectivity index (χ0v) is 9.67. The van der Waals surface area contributed by atoms with Crippen molar-refractivity contribution >= 4 is 0 Å². The third kappa shape index (κ3) is 1.86. The summed E-state index contributed by atoms with van der Waals surface area (Å²) in [5, 5.41) is 4.18. The van der Waals surface area contributed by atoms with Crippen molar-refractivity contribution in [3.63, 3.8) is 0 Å². The first-order valence-electron chi connectivity index (χ1n) is 5.46. The second kappa shape index (κ2) is 4.49. The first-order valence-corrected chi connectivity index (χ1v) is 5.46. The van der Waals surface area contributed by atoms with Crippen LogP contribution in [0.3, 0.4) is 0 Å². The van der Waals surface area contributed by atoms with Gasteiger partial charge in [0.2, 0.25) is 0 Å². The highest BCUT2D eigenvalue weighted by Crippen LogP contribution is 2.18. The van der Waals surface area contributed by atoms with Gasteiger partial charge in [-0.1, -0.05) is 6.92 Å². The Bertz CT molecular complexity index is 456. The van der Waals surface area contributed by atoms with E-state index < -0.39 is 0 Å². The van der Waals surface area contributed by atoms with E-state index in [0.717, 1.165) is 17.8 Å². The van der Waals surface area contributed by atoms with Crippen LogP contribution in [0.1, 0.15) is 24.4 Å². The average Bonchev–Trinajstić information content (AvgIpc) is 2.89. The highest BCUT2D eigenvalue weighted by molar-refractivity contribution is 5.14. The van der Waals surface area contributed by atoms with E-state index in [-0.39, 0.29) is 6.04 Å². The van der Waals surface area contributed by atoms with Crippen LogP contribution in [0, 0.1) is 0 Å². The van der Waals surface area contributed by atoms with E-state index in [2.05, 4.69) is 21.6 Å². The maximum Gasteiger partial charge on any atom is 0.108 e. The zero-order valence-electron chi connectivity index (χ0n) is 9.67. The number of hydrogen-bond acceptors (Lipinski definition) is 3. The third-order valence-electron chi connectivity index (χ3n) is 2.73. The molecule has 0 saturated carbocycles. The molecule has 0 aliphatic carbocycles. The molecule has 0 amide bonds. The molecule has 5 nitrogen and oxygen atoms in total. The van der Waals surface area contributed by atoms with E-state index in [1.165, 1.54) is 0 Å². The van der Waals surface area contributed by atoms with Crippen LogP contribution in [-0.4, -0.2) is 25.9 Å². The second-order valence-corrected chi connectivity index (χ2v) is 3.80. The number of aryl methyl sites for hydroxylation is 2. The summed E-state index contributed by atoms with van der Waals surface area (Å²) < 4.78 is 3.91. The molecular weight excluding hydrogens is 202 g/mol. The van der Waals surface area contributed by atoms with Crippen molar-refractivity contribution in [2.24, 2.45) is 12.8 Å². The van der Waals surface area contributed by atoms with Crippen molar-refractivity contribution in [3.8, 4) is 0 Å². The molecule has 0 bridgehead atoms. The lowest BCUT2D eigenvalue weighted by atomic mass is 10.1. The Morgan fingerprint density at radius 2 is 2.31 bits per heavy atom. The maximum atomic E-state index is 5.84. The number of imidazole rings is 1. The maximum absolute atomic E-state index is 5.84. The van der Waals surface area contributed by atoms with Crippen LogP contribution in [0.5, 0.6) is 0 Å². The van der Waals surface area contributed by atoms with Gasteiger partial charge in [-0.15, -0.1) is 0 Å². The molecule has 0 aliphatic rings.